The van der Waals surface area contributed by atoms with Crippen LogP contribution in [0.5, 0.6) is 5.75 Å². The molecule has 138 valence electrons. The lowest BCUT2D eigenvalue weighted by Crippen LogP contribution is -2.12. The summed E-state index contributed by atoms with van der Waals surface area (Å²) in [5, 5.41) is 21.4. The molecule has 2 aromatic rings. The fourth-order valence-electron chi connectivity index (χ4n) is 2.41. The number of rotatable bonds is 4. The van der Waals surface area contributed by atoms with Crippen LogP contribution in [0.1, 0.15) is 12.5 Å². The zero-order chi connectivity index (χ0) is 19.4. The Kier molecular flexibility index (Phi) is 5.88. The molecule has 5 nitrogen and oxygen atoms in total. The molecule has 0 spiro atoms. The van der Waals surface area contributed by atoms with E-state index in [9.17, 15) is 15.0 Å². The van der Waals surface area contributed by atoms with Gasteiger partial charge in [-0.15, -0.1) is 0 Å². The van der Waals surface area contributed by atoms with Crippen LogP contribution in [0.2, 0.25) is 5.02 Å². The van der Waals surface area contributed by atoms with Crippen molar-refractivity contribution in [2.75, 3.05) is 6.61 Å². The quantitative estimate of drug-likeness (QED) is 0.685. The van der Waals surface area contributed by atoms with Crippen molar-refractivity contribution in [3.05, 3.63) is 75.4 Å². The standard InChI is InChI=1S/C20H16ClNO4S/c1-2-26-20(25)17-18(24)16(10-12-6-3-4-9-15(12)23)27-19(17)22-14-8-5-7-13(21)11-14/h3-11,23-24H,2H2,1H3/b16-10+,22-19?. The number of esters is 1. The van der Waals surface area contributed by atoms with Crippen molar-refractivity contribution < 1.29 is 19.7 Å². The molecule has 2 aromatic carbocycles. The third-order valence-corrected chi connectivity index (χ3v) is 4.89. The SMILES string of the molecule is CCOC(=O)C1=C(O)/C(=C\c2ccccc2O)SC1=Nc1cccc(Cl)c1. The summed E-state index contributed by atoms with van der Waals surface area (Å²) < 4.78 is 5.06. The van der Waals surface area contributed by atoms with E-state index in [0.717, 1.165) is 11.8 Å². The largest absolute Gasteiger partial charge is 0.507 e. The third kappa shape index (κ3) is 4.35. The van der Waals surface area contributed by atoms with Gasteiger partial charge < -0.3 is 14.9 Å². The Morgan fingerprint density at radius 1 is 1.22 bits per heavy atom. The molecule has 0 bridgehead atoms. The van der Waals surface area contributed by atoms with Gasteiger partial charge in [-0.05, 0) is 37.3 Å². The molecule has 3 rings (SSSR count). The van der Waals surface area contributed by atoms with Crippen molar-refractivity contribution in [2.24, 2.45) is 4.99 Å². The number of carbonyl (C=O) groups excluding carboxylic acids is 1. The van der Waals surface area contributed by atoms with Gasteiger partial charge in [-0.3, -0.25) is 0 Å². The first kappa shape index (κ1) is 19.1. The molecule has 2 N–H and O–H groups in total. The van der Waals surface area contributed by atoms with E-state index < -0.39 is 5.97 Å². The van der Waals surface area contributed by atoms with Crippen LogP contribution in [0.4, 0.5) is 5.69 Å². The van der Waals surface area contributed by atoms with Gasteiger partial charge in [-0.2, -0.15) is 0 Å². The second-order valence-electron chi connectivity index (χ2n) is 5.51. The topological polar surface area (TPSA) is 79.1 Å². The van der Waals surface area contributed by atoms with Gasteiger partial charge in [0.1, 0.15) is 22.1 Å². The molecule has 0 unspecified atom stereocenters. The maximum absolute atomic E-state index is 12.4. The monoisotopic (exact) mass is 401 g/mol. The molecule has 0 aliphatic carbocycles. The van der Waals surface area contributed by atoms with Crippen molar-refractivity contribution in [1.82, 2.24) is 0 Å². The van der Waals surface area contributed by atoms with Crippen molar-refractivity contribution >= 4 is 46.1 Å². The van der Waals surface area contributed by atoms with Crippen LogP contribution in [0.25, 0.3) is 6.08 Å². The number of aromatic hydroxyl groups is 1. The summed E-state index contributed by atoms with van der Waals surface area (Å²) in [5.74, 6) is -0.831. The van der Waals surface area contributed by atoms with Gasteiger partial charge in [0, 0.05) is 10.6 Å². The first-order chi connectivity index (χ1) is 13.0. The summed E-state index contributed by atoms with van der Waals surface area (Å²) in [7, 11) is 0. The Balaban J connectivity index is 2.07. The number of aliphatic hydroxyl groups is 1. The number of carbonyl (C=O) groups is 1. The highest BCUT2D eigenvalue weighted by Crippen LogP contribution is 2.41. The summed E-state index contributed by atoms with van der Waals surface area (Å²) in [5.41, 5.74) is 1.05. The molecule has 0 amide bonds. The lowest BCUT2D eigenvalue weighted by molar-refractivity contribution is -0.138. The summed E-state index contributed by atoms with van der Waals surface area (Å²) in [4.78, 5) is 17.2. The van der Waals surface area contributed by atoms with Crippen molar-refractivity contribution in [2.45, 2.75) is 6.92 Å². The van der Waals surface area contributed by atoms with Gasteiger partial charge in [-0.25, -0.2) is 9.79 Å². The van der Waals surface area contributed by atoms with Crippen molar-refractivity contribution in [1.29, 1.82) is 0 Å². The third-order valence-electron chi connectivity index (χ3n) is 3.63. The Labute approximate surface area is 165 Å². The van der Waals surface area contributed by atoms with Crippen LogP contribution in [0.3, 0.4) is 0 Å². The second-order valence-corrected chi connectivity index (χ2v) is 6.98. The Morgan fingerprint density at radius 2 is 2.00 bits per heavy atom. The lowest BCUT2D eigenvalue weighted by atomic mass is 10.1. The lowest BCUT2D eigenvalue weighted by Gasteiger charge is -2.04. The van der Waals surface area contributed by atoms with E-state index in [-0.39, 0.29) is 23.7 Å². The van der Waals surface area contributed by atoms with E-state index in [4.69, 9.17) is 16.3 Å². The predicted molar refractivity (Wildman–Crippen MR) is 109 cm³/mol. The molecular formula is C20H16ClNO4S. The average Bonchev–Trinajstić information content (AvgIpc) is 2.92. The van der Waals surface area contributed by atoms with Gasteiger partial charge in [0.2, 0.25) is 0 Å². The van der Waals surface area contributed by atoms with Crippen molar-refractivity contribution in [3.63, 3.8) is 0 Å². The number of halogens is 1. The number of para-hydroxylation sites is 1. The number of aliphatic imine (C=N–C) groups is 1. The molecule has 7 heteroatoms. The molecule has 0 saturated heterocycles. The zero-order valence-electron chi connectivity index (χ0n) is 14.3. The molecule has 0 atom stereocenters. The molecule has 1 heterocycles. The number of thioether (sulfide) groups is 1. The smallest absolute Gasteiger partial charge is 0.344 e. The number of hydrogen-bond donors (Lipinski definition) is 2. The molecular weight excluding hydrogens is 386 g/mol. The van der Waals surface area contributed by atoms with E-state index in [1.165, 1.54) is 0 Å². The van der Waals surface area contributed by atoms with E-state index >= 15 is 0 Å². The molecule has 0 aromatic heterocycles. The Hall–Kier alpha value is -2.70. The predicted octanol–water partition coefficient (Wildman–Crippen LogP) is 5.24. The number of aliphatic hydroxyl groups excluding tert-OH is 1. The minimum atomic E-state index is -0.663. The number of hydrogen-bond acceptors (Lipinski definition) is 6. The summed E-state index contributed by atoms with van der Waals surface area (Å²) in [6.07, 6.45) is 1.59. The molecule has 1 aliphatic rings. The maximum atomic E-state index is 12.4. The normalized spacial score (nSPS) is 17.0. The number of benzene rings is 2. The van der Waals surface area contributed by atoms with Crippen LogP contribution < -0.4 is 0 Å². The molecule has 27 heavy (non-hydrogen) atoms. The van der Waals surface area contributed by atoms with Gasteiger partial charge >= 0.3 is 5.97 Å². The van der Waals surface area contributed by atoms with Crippen molar-refractivity contribution in [3.8, 4) is 5.75 Å². The number of phenols is 1. The minimum Gasteiger partial charge on any atom is -0.507 e. The fourth-order valence-corrected chi connectivity index (χ4v) is 3.62. The van der Waals surface area contributed by atoms with E-state index in [2.05, 4.69) is 4.99 Å². The molecule has 0 fully saturated rings. The summed E-state index contributed by atoms with van der Waals surface area (Å²) in [6.45, 7) is 1.85. The van der Waals surface area contributed by atoms with E-state index in [1.807, 2.05) is 0 Å². The highest BCUT2D eigenvalue weighted by atomic mass is 35.5. The van der Waals surface area contributed by atoms with Crippen LogP contribution in [0.15, 0.2) is 69.8 Å². The van der Waals surface area contributed by atoms with Crippen LogP contribution in [-0.2, 0) is 9.53 Å². The summed E-state index contributed by atoms with van der Waals surface area (Å²) in [6, 6.07) is 13.6. The summed E-state index contributed by atoms with van der Waals surface area (Å²) >= 11 is 7.11. The van der Waals surface area contributed by atoms with Gasteiger partial charge in [-0.1, -0.05) is 47.6 Å². The van der Waals surface area contributed by atoms with Gasteiger partial charge in [0.05, 0.1) is 17.2 Å². The highest BCUT2D eigenvalue weighted by Gasteiger charge is 2.33. The van der Waals surface area contributed by atoms with Gasteiger partial charge in [0.15, 0.2) is 0 Å². The van der Waals surface area contributed by atoms with Crippen LogP contribution in [0, 0.1) is 0 Å². The molecule has 0 saturated carbocycles. The number of nitrogens with zero attached hydrogens (tertiary/aromatic N) is 1. The average molecular weight is 402 g/mol. The first-order valence-corrected chi connectivity index (χ1v) is 9.32. The molecule has 1 aliphatic heterocycles. The van der Waals surface area contributed by atoms with E-state index in [0.29, 0.717) is 26.2 Å². The Morgan fingerprint density at radius 3 is 2.70 bits per heavy atom. The van der Waals surface area contributed by atoms with E-state index in [1.54, 1.807) is 61.5 Å². The second kappa shape index (κ2) is 8.33. The zero-order valence-corrected chi connectivity index (χ0v) is 15.9. The van der Waals surface area contributed by atoms with Crippen LogP contribution in [-0.4, -0.2) is 27.8 Å². The number of phenolic OH excluding ortho intramolecular Hbond substituents is 1. The highest BCUT2D eigenvalue weighted by molar-refractivity contribution is 8.18. The first-order valence-electron chi connectivity index (χ1n) is 8.12. The minimum absolute atomic E-state index is 0.0107. The maximum Gasteiger partial charge on any atom is 0.344 e. The molecule has 0 radical (unpaired) electrons. The van der Waals surface area contributed by atoms with Gasteiger partial charge in [0.25, 0.3) is 0 Å². The number of ether oxygens (including phenoxy) is 1. The fraction of sp³-hybridized carbons (Fsp3) is 0.100. The Bertz CT molecular complexity index is 981. The van der Waals surface area contributed by atoms with Crippen LogP contribution >= 0.6 is 23.4 Å².